The van der Waals surface area contributed by atoms with Crippen molar-refractivity contribution in [1.82, 2.24) is 0 Å². The molecule has 280 valence electrons. The van der Waals surface area contributed by atoms with Crippen LogP contribution in [0.15, 0.2) is 229 Å². The average Bonchev–Trinajstić information content (AvgIpc) is 3.70. The van der Waals surface area contributed by atoms with Crippen LogP contribution in [0.3, 0.4) is 0 Å². The molecule has 0 amide bonds. The minimum absolute atomic E-state index is 0.862. The molecule has 1 aromatic heterocycles. The number of fused-ring (bicyclic) bond motifs is 9. The molecule has 0 N–H and O–H groups in total. The highest BCUT2D eigenvalue weighted by Gasteiger charge is 2.21. The molecule has 2 nitrogen and oxygen atoms in total. The van der Waals surface area contributed by atoms with Gasteiger partial charge in [0.05, 0.1) is 0 Å². The van der Waals surface area contributed by atoms with Crippen LogP contribution in [0, 0.1) is 0 Å². The Morgan fingerprint density at radius 3 is 1.47 bits per heavy atom. The summed E-state index contributed by atoms with van der Waals surface area (Å²) in [6.07, 6.45) is 0. The third-order valence-corrected chi connectivity index (χ3v) is 12.2. The molecule has 0 saturated carbocycles. The van der Waals surface area contributed by atoms with Crippen LogP contribution in [-0.4, -0.2) is 0 Å². The summed E-state index contributed by atoms with van der Waals surface area (Å²) < 4.78 is 6.50. The van der Waals surface area contributed by atoms with Gasteiger partial charge in [-0.15, -0.1) is 0 Å². The number of anilines is 3. The van der Waals surface area contributed by atoms with Crippen molar-refractivity contribution in [2.75, 3.05) is 4.90 Å². The molecule has 0 radical (unpaired) electrons. The number of rotatable bonds is 6. The maximum Gasteiger partial charge on any atom is 0.137 e. The van der Waals surface area contributed by atoms with Gasteiger partial charge in [-0.2, -0.15) is 0 Å². The van der Waals surface area contributed by atoms with Crippen molar-refractivity contribution >= 4 is 82.1 Å². The minimum atomic E-state index is 0.862. The van der Waals surface area contributed by atoms with E-state index in [9.17, 15) is 0 Å². The Balaban J connectivity index is 1.10. The molecule has 60 heavy (non-hydrogen) atoms. The Bertz CT molecular complexity index is 3590. The summed E-state index contributed by atoms with van der Waals surface area (Å²) >= 11 is 0. The predicted molar refractivity (Wildman–Crippen MR) is 255 cm³/mol. The van der Waals surface area contributed by atoms with Gasteiger partial charge in [0.1, 0.15) is 11.2 Å². The van der Waals surface area contributed by atoms with E-state index in [1.165, 1.54) is 76.5 Å². The van der Waals surface area contributed by atoms with Crippen LogP contribution in [0.1, 0.15) is 0 Å². The zero-order chi connectivity index (χ0) is 39.6. The molecule has 0 aliphatic heterocycles. The summed E-state index contributed by atoms with van der Waals surface area (Å²) in [5.41, 5.74) is 12.2. The maximum atomic E-state index is 6.50. The Kier molecular flexibility index (Phi) is 7.89. The van der Waals surface area contributed by atoms with E-state index >= 15 is 0 Å². The number of furan rings is 1. The fourth-order valence-electron chi connectivity index (χ4n) is 9.51. The first-order valence-electron chi connectivity index (χ1n) is 20.6. The van der Waals surface area contributed by atoms with Crippen molar-refractivity contribution in [3.63, 3.8) is 0 Å². The van der Waals surface area contributed by atoms with Gasteiger partial charge in [-0.1, -0.05) is 170 Å². The lowest BCUT2D eigenvalue weighted by atomic mass is 9.85. The summed E-state index contributed by atoms with van der Waals surface area (Å²) in [5, 5.41) is 12.2. The quantitative estimate of drug-likeness (QED) is 0.157. The van der Waals surface area contributed by atoms with Crippen LogP contribution in [0.25, 0.3) is 98.4 Å². The third-order valence-electron chi connectivity index (χ3n) is 12.2. The Morgan fingerprint density at radius 1 is 0.267 bits per heavy atom. The molecule has 12 aromatic rings. The zero-order valence-electron chi connectivity index (χ0n) is 32.7. The summed E-state index contributed by atoms with van der Waals surface area (Å²) in [4.78, 5) is 2.38. The first kappa shape index (κ1) is 34.1. The van der Waals surface area contributed by atoms with Crippen molar-refractivity contribution in [2.45, 2.75) is 0 Å². The Labute approximate surface area is 347 Å². The van der Waals surface area contributed by atoms with Crippen LogP contribution < -0.4 is 4.90 Å². The number of benzene rings is 11. The van der Waals surface area contributed by atoms with Crippen molar-refractivity contribution in [3.8, 4) is 33.4 Å². The predicted octanol–water partition coefficient (Wildman–Crippen LogP) is 16.7. The van der Waals surface area contributed by atoms with Gasteiger partial charge < -0.3 is 9.32 Å². The number of para-hydroxylation sites is 1. The van der Waals surface area contributed by atoms with Crippen LogP contribution in [0.2, 0.25) is 0 Å². The van der Waals surface area contributed by atoms with Crippen molar-refractivity contribution < 1.29 is 4.42 Å². The van der Waals surface area contributed by atoms with Gasteiger partial charge in [0.15, 0.2) is 0 Å². The number of hydrogen-bond acceptors (Lipinski definition) is 2. The standard InChI is InChI=1S/C58H37NO/c1-3-15-39(16-4-1)57-52-25-12-11-22-47(52)49-33-31-43(36-54(49)58(57)40-17-5-2-6-18-40)59(44-32-34-51-50-24-13-14-26-55(50)60-56(51)37-44)42-29-27-38(28-30-42)53-35-41-19-7-8-20-45(41)46-21-9-10-23-48(46)53/h1-37H. The second-order valence-electron chi connectivity index (χ2n) is 15.6. The molecule has 2 heteroatoms. The highest BCUT2D eigenvalue weighted by Crippen LogP contribution is 2.47. The second kappa shape index (κ2) is 13.9. The fraction of sp³-hybridized carbons (Fsp3) is 0. The molecular formula is C58H37NO. The van der Waals surface area contributed by atoms with E-state index in [2.05, 4.69) is 217 Å². The molecule has 0 bridgehead atoms. The second-order valence-corrected chi connectivity index (χ2v) is 15.6. The molecule has 0 unspecified atom stereocenters. The van der Waals surface area contributed by atoms with Crippen LogP contribution >= 0.6 is 0 Å². The number of nitrogens with zero attached hydrogens (tertiary/aromatic N) is 1. The van der Waals surface area contributed by atoms with Gasteiger partial charge in [-0.3, -0.25) is 0 Å². The summed E-state index contributed by atoms with van der Waals surface area (Å²) in [7, 11) is 0. The molecule has 0 fully saturated rings. The van der Waals surface area contributed by atoms with Gasteiger partial charge in [0, 0.05) is 33.9 Å². The normalized spacial score (nSPS) is 11.7. The first-order chi connectivity index (χ1) is 29.8. The largest absolute Gasteiger partial charge is 0.456 e. The lowest BCUT2D eigenvalue weighted by Crippen LogP contribution is -2.10. The van der Waals surface area contributed by atoms with Crippen LogP contribution in [-0.2, 0) is 0 Å². The topological polar surface area (TPSA) is 16.4 Å². The van der Waals surface area contributed by atoms with Crippen molar-refractivity contribution in [2.24, 2.45) is 0 Å². The molecule has 1 heterocycles. The van der Waals surface area contributed by atoms with Gasteiger partial charge >= 0.3 is 0 Å². The van der Waals surface area contributed by atoms with E-state index < -0.39 is 0 Å². The Morgan fingerprint density at radius 2 is 0.750 bits per heavy atom. The van der Waals surface area contributed by atoms with E-state index in [1.54, 1.807) is 0 Å². The van der Waals surface area contributed by atoms with E-state index in [1.807, 2.05) is 12.1 Å². The van der Waals surface area contributed by atoms with E-state index in [4.69, 9.17) is 4.42 Å². The van der Waals surface area contributed by atoms with Crippen LogP contribution in [0.4, 0.5) is 17.1 Å². The lowest BCUT2D eigenvalue weighted by molar-refractivity contribution is 0.669. The smallest absolute Gasteiger partial charge is 0.137 e. The third kappa shape index (κ3) is 5.50. The van der Waals surface area contributed by atoms with E-state index in [-0.39, 0.29) is 0 Å². The minimum Gasteiger partial charge on any atom is -0.456 e. The van der Waals surface area contributed by atoms with Crippen molar-refractivity contribution in [3.05, 3.63) is 224 Å². The first-order valence-corrected chi connectivity index (χ1v) is 20.6. The molecule has 0 aliphatic rings. The maximum absolute atomic E-state index is 6.50. The summed E-state index contributed by atoms with van der Waals surface area (Å²) in [6, 6.07) is 81.3. The summed E-state index contributed by atoms with van der Waals surface area (Å²) in [5.74, 6) is 0. The van der Waals surface area contributed by atoms with E-state index in [0.717, 1.165) is 39.0 Å². The molecule has 0 atom stereocenters. The summed E-state index contributed by atoms with van der Waals surface area (Å²) in [6.45, 7) is 0. The van der Waals surface area contributed by atoms with Gasteiger partial charge in [-0.05, 0) is 125 Å². The van der Waals surface area contributed by atoms with Crippen LogP contribution in [0.5, 0.6) is 0 Å². The average molecular weight is 764 g/mol. The van der Waals surface area contributed by atoms with E-state index in [0.29, 0.717) is 0 Å². The molecule has 11 aromatic carbocycles. The van der Waals surface area contributed by atoms with Gasteiger partial charge in [0.25, 0.3) is 0 Å². The monoisotopic (exact) mass is 763 g/mol. The fourth-order valence-corrected chi connectivity index (χ4v) is 9.51. The van der Waals surface area contributed by atoms with Gasteiger partial charge in [-0.25, -0.2) is 0 Å². The van der Waals surface area contributed by atoms with Gasteiger partial charge in [0.2, 0.25) is 0 Å². The highest BCUT2D eigenvalue weighted by molar-refractivity contribution is 6.22. The molecule has 12 rings (SSSR count). The Hall–Kier alpha value is -7.94. The molecular weight excluding hydrogens is 727 g/mol. The SMILES string of the molecule is c1ccc(-c2c(-c3ccccc3)c3cc(N(c4ccc(-c5cc6ccccc6c6ccccc56)cc4)c4ccc5c(c4)oc4ccccc45)ccc3c3ccccc23)cc1. The highest BCUT2D eigenvalue weighted by atomic mass is 16.3. The molecule has 0 saturated heterocycles. The molecule has 0 spiro atoms. The molecule has 0 aliphatic carbocycles. The van der Waals surface area contributed by atoms with Crippen molar-refractivity contribution in [1.29, 1.82) is 0 Å². The zero-order valence-corrected chi connectivity index (χ0v) is 32.7. The lowest BCUT2D eigenvalue weighted by Gasteiger charge is -2.27. The number of hydrogen-bond donors (Lipinski definition) is 0.